The van der Waals surface area contributed by atoms with Crippen LogP contribution in [0.15, 0.2) is 70.6 Å². The van der Waals surface area contributed by atoms with E-state index in [-0.39, 0.29) is 102 Å². The lowest BCUT2D eigenvalue weighted by atomic mass is 9.99. The van der Waals surface area contributed by atoms with Gasteiger partial charge < -0.3 is 82.0 Å². The lowest BCUT2D eigenvalue weighted by Crippen LogP contribution is -2.60. The number of aliphatic carboxylic acids is 1. The number of guanidine groups is 2. The highest BCUT2D eigenvalue weighted by Crippen LogP contribution is 2.21. The molecule has 1 aliphatic rings. The zero-order valence-electron chi connectivity index (χ0n) is 43.5. The summed E-state index contributed by atoms with van der Waals surface area (Å²) >= 11 is 0. The molecule has 3 rings (SSSR count). The molecule has 0 spiro atoms. The molecule has 1 saturated heterocycles. The summed E-state index contributed by atoms with van der Waals surface area (Å²) in [5.74, 6) is -9.35. The highest BCUT2D eigenvalue weighted by Gasteiger charge is 2.40. The minimum atomic E-state index is -1.72. The summed E-state index contributed by atoms with van der Waals surface area (Å²) in [6.45, 7) is 3.76. The standard InChI is InChI=1S/C50H76N16O11/c1-28(2)24-34(63-45(73)35(25-29-12-5-3-6-13-29)62-41(69)31(51)19-20-39(52)67)43(71)64-36(26-30-14-7-4-8-15-30)44(72)61-33(17-10-22-59-50(56)57)47(75)66-23-11-18-38(66)46(74)60-32(16-9-21-58-49(54)55)42(70)65-37(48(76)77)27-40(53)68/h3-8,12-15,28,31-38H,9-11,16-27,51H2,1-2H3,(H2,52,67)(H2,53,68)(H,60,74)(H,61,72)(H,62,69)(H,63,73)(H,64,71)(H,65,70)(H,76,77)(H4,54,55,58)(H4,56,57,59)/t31-,32-,33-,34-,35-,36-,37-,38-/m0/s1. The van der Waals surface area contributed by atoms with Gasteiger partial charge in [-0.3, -0.25) is 53.1 Å². The molecule has 9 amide bonds. The first kappa shape index (κ1) is 62.9. The minimum Gasteiger partial charge on any atom is -0.480 e. The van der Waals surface area contributed by atoms with E-state index in [1.807, 2.05) is 13.8 Å². The van der Waals surface area contributed by atoms with Crippen molar-refractivity contribution in [3.8, 4) is 0 Å². The number of carbonyl (C=O) groups is 10. The second-order valence-electron chi connectivity index (χ2n) is 19.1. The van der Waals surface area contributed by atoms with E-state index in [1.54, 1.807) is 60.7 Å². The molecule has 1 heterocycles. The van der Waals surface area contributed by atoms with Gasteiger partial charge in [0.25, 0.3) is 0 Å². The Labute approximate surface area is 446 Å². The van der Waals surface area contributed by atoms with E-state index < -0.39 is 114 Å². The maximum atomic E-state index is 14.7. The third-order valence-electron chi connectivity index (χ3n) is 12.2. The molecule has 0 aromatic heterocycles. The van der Waals surface area contributed by atoms with Crippen LogP contribution in [0.2, 0.25) is 0 Å². The summed E-state index contributed by atoms with van der Waals surface area (Å²) < 4.78 is 0. The number of nitrogens with zero attached hydrogens (tertiary/aromatic N) is 3. The molecule has 8 atom stereocenters. The van der Waals surface area contributed by atoms with Crippen molar-refractivity contribution in [2.24, 2.45) is 56.0 Å². The summed E-state index contributed by atoms with van der Waals surface area (Å²) in [6, 6.07) is 6.74. The average Bonchev–Trinajstić information content (AvgIpc) is 3.87. The number of nitrogens with two attached hydrogens (primary N) is 7. The number of benzene rings is 2. The number of aliphatic imine (C=N–C) groups is 2. The largest absolute Gasteiger partial charge is 0.480 e. The van der Waals surface area contributed by atoms with Crippen molar-refractivity contribution in [2.75, 3.05) is 19.6 Å². The highest BCUT2D eigenvalue weighted by atomic mass is 16.4. The lowest BCUT2D eigenvalue weighted by Gasteiger charge is -2.31. The number of carboxylic acid groups (broad SMARTS) is 1. The van der Waals surface area contributed by atoms with Gasteiger partial charge in [0.2, 0.25) is 53.2 Å². The smallest absolute Gasteiger partial charge is 0.326 e. The van der Waals surface area contributed by atoms with Crippen molar-refractivity contribution < 1.29 is 53.1 Å². The van der Waals surface area contributed by atoms with Crippen molar-refractivity contribution in [2.45, 2.75) is 139 Å². The molecule has 2 aromatic carbocycles. The molecule has 0 aliphatic carbocycles. The number of rotatable bonds is 33. The van der Waals surface area contributed by atoms with Gasteiger partial charge in [0.15, 0.2) is 11.9 Å². The monoisotopic (exact) mass is 1080 g/mol. The van der Waals surface area contributed by atoms with Crippen LogP contribution in [0.5, 0.6) is 0 Å². The normalized spacial score (nSPS) is 15.6. The third-order valence-corrected chi connectivity index (χ3v) is 12.2. The van der Waals surface area contributed by atoms with Gasteiger partial charge in [0.05, 0.1) is 12.5 Å². The molecule has 27 nitrogen and oxygen atoms in total. The molecule has 1 fully saturated rings. The van der Waals surface area contributed by atoms with Gasteiger partial charge in [0.1, 0.15) is 42.3 Å². The van der Waals surface area contributed by atoms with Crippen LogP contribution in [0.4, 0.5) is 0 Å². The quantitative estimate of drug-likeness (QED) is 0.0184. The molecule has 0 saturated carbocycles. The molecule has 21 N–H and O–H groups in total. The lowest BCUT2D eigenvalue weighted by molar-refractivity contribution is -0.144. The predicted molar refractivity (Wildman–Crippen MR) is 284 cm³/mol. The Hall–Kier alpha value is -8.36. The van der Waals surface area contributed by atoms with Crippen LogP contribution in [0.1, 0.15) is 89.2 Å². The molecule has 77 heavy (non-hydrogen) atoms. The first-order valence-corrected chi connectivity index (χ1v) is 25.3. The molecule has 0 bridgehead atoms. The Kier molecular flexibility index (Phi) is 26.3. The number of carboxylic acids is 1. The van der Waals surface area contributed by atoms with Gasteiger partial charge in [-0.05, 0) is 68.4 Å². The molecule has 0 radical (unpaired) electrons. The van der Waals surface area contributed by atoms with Crippen LogP contribution in [0, 0.1) is 5.92 Å². The van der Waals surface area contributed by atoms with E-state index in [0.717, 1.165) is 0 Å². The topological polar surface area (TPSA) is 473 Å². The molecule has 1 aliphatic heterocycles. The summed E-state index contributed by atoms with van der Waals surface area (Å²) in [4.78, 5) is 143. The maximum absolute atomic E-state index is 14.7. The van der Waals surface area contributed by atoms with Crippen molar-refractivity contribution >= 4 is 71.1 Å². The number of likely N-dealkylation sites (tertiary alicyclic amines) is 1. The first-order chi connectivity index (χ1) is 36.4. The molecule has 2 aromatic rings. The predicted octanol–water partition coefficient (Wildman–Crippen LogP) is -3.92. The number of amides is 9. The average molecular weight is 1080 g/mol. The number of primary amides is 2. The third kappa shape index (κ3) is 23.0. The Morgan fingerprint density at radius 3 is 1.52 bits per heavy atom. The highest BCUT2D eigenvalue weighted by molar-refractivity contribution is 5.98. The van der Waals surface area contributed by atoms with Gasteiger partial charge in [-0.1, -0.05) is 74.5 Å². The Morgan fingerprint density at radius 1 is 0.584 bits per heavy atom. The maximum Gasteiger partial charge on any atom is 0.326 e. The van der Waals surface area contributed by atoms with Gasteiger partial charge in [-0.25, -0.2) is 4.79 Å². The Balaban J connectivity index is 1.96. The first-order valence-electron chi connectivity index (χ1n) is 25.3. The summed E-state index contributed by atoms with van der Waals surface area (Å²) in [5, 5.41) is 25.4. The SMILES string of the molecule is CC(C)C[C@H](NC(=O)[C@H](Cc1ccccc1)NC(=O)[C@@H](N)CCC(N)=O)C(=O)N[C@@H](Cc1ccccc1)C(=O)N[C@@H](CCCN=C(N)N)C(=O)N1CCC[C@H]1C(=O)N[C@@H](CCCN=C(N)N)C(=O)N[C@@H](CC(N)=O)C(=O)O. The van der Waals surface area contributed by atoms with E-state index >= 15 is 0 Å². The fourth-order valence-corrected chi connectivity index (χ4v) is 8.32. The van der Waals surface area contributed by atoms with Crippen molar-refractivity contribution in [1.82, 2.24) is 36.8 Å². The van der Waals surface area contributed by atoms with Gasteiger partial charge in [0, 0.05) is 38.9 Å². The Morgan fingerprint density at radius 2 is 1.04 bits per heavy atom. The summed E-state index contributed by atoms with van der Waals surface area (Å²) in [5.41, 5.74) is 39.8. The molecular formula is C50H76N16O11. The van der Waals surface area contributed by atoms with Gasteiger partial charge in [-0.2, -0.15) is 0 Å². The van der Waals surface area contributed by atoms with E-state index in [0.29, 0.717) is 17.5 Å². The fourth-order valence-electron chi connectivity index (χ4n) is 8.32. The van der Waals surface area contributed by atoms with E-state index in [9.17, 15) is 53.1 Å². The number of carbonyl (C=O) groups excluding carboxylic acids is 9. The molecular weight excluding hydrogens is 1000 g/mol. The van der Waals surface area contributed by atoms with Crippen LogP contribution in [0.25, 0.3) is 0 Å². The van der Waals surface area contributed by atoms with Crippen molar-refractivity contribution in [1.29, 1.82) is 0 Å². The zero-order chi connectivity index (χ0) is 57.2. The van der Waals surface area contributed by atoms with Crippen LogP contribution in [0.3, 0.4) is 0 Å². The van der Waals surface area contributed by atoms with E-state index in [2.05, 4.69) is 41.9 Å². The zero-order valence-corrected chi connectivity index (χ0v) is 43.5. The minimum absolute atomic E-state index is 0.00360. The van der Waals surface area contributed by atoms with Gasteiger partial charge >= 0.3 is 5.97 Å². The van der Waals surface area contributed by atoms with Crippen molar-refractivity contribution in [3.63, 3.8) is 0 Å². The number of nitrogens with one attached hydrogen (secondary N) is 6. The Bertz CT molecular complexity index is 2400. The number of hydrogen-bond donors (Lipinski definition) is 14. The second kappa shape index (κ2) is 32.2. The van der Waals surface area contributed by atoms with Crippen LogP contribution >= 0.6 is 0 Å². The van der Waals surface area contributed by atoms with Crippen LogP contribution in [-0.2, 0) is 60.8 Å². The van der Waals surface area contributed by atoms with E-state index in [1.165, 1.54) is 4.90 Å². The summed E-state index contributed by atoms with van der Waals surface area (Å²) in [6.07, 6.45) is -0.416. The fraction of sp³-hybridized carbons (Fsp3) is 0.520. The van der Waals surface area contributed by atoms with Crippen molar-refractivity contribution in [3.05, 3.63) is 71.8 Å². The summed E-state index contributed by atoms with van der Waals surface area (Å²) in [7, 11) is 0. The molecule has 27 heteroatoms. The van der Waals surface area contributed by atoms with E-state index in [4.69, 9.17) is 40.1 Å². The van der Waals surface area contributed by atoms with Gasteiger partial charge in [-0.15, -0.1) is 0 Å². The van der Waals surface area contributed by atoms with Crippen LogP contribution < -0.4 is 72.0 Å². The number of hydrogen-bond acceptors (Lipinski definition) is 13. The second-order valence-corrected chi connectivity index (χ2v) is 19.1. The molecule has 422 valence electrons. The van der Waals surface area contributed by atoms with Crippen LogP contribution in [-0.4, -0.2) is 149 Å². The molecule has 0 unspecified atom stereocenters.